The highest BCUT2D eigenvalue weighted by molar-refractivity contribution is 5.53. The predicted octanol–water partition coefficient (Wildman–Crippen LogP) is 2.53. The number of aryl methyl sites for hydroxylation is 1. The minimum Gasteiger partial charge on any atom is -0.356 e. The Hall–Kier alpha value is -1.97. The maximum atomic E-state index is 13.1. The maximum Gasteiger partial charge on any atom is 0.135 e. The number of benzene rings is 1. The minimum absolute atomic E-state index is 0.169. The van der Waals surface area contributed by atoms with Crippen molar-refractivity contribution in [3.8, 4) is 0 Å². The highest BCUT2D eigenvalue weighted by Crippen LogP contribution is 2.26. The lowest BCUT2D eigenvalue weighted by Crippen LogP contribution is -2.24. The molecule has 0 aliphatic carbocycles. The van der Waals surface area contributed by atoms with Crippen LogP contribution in [0.4, 0.5) is 10.2 Å². The summed E-state index contributed by atoms with van der Waals surface area (Å²) < 4.78 is 13.1. The number of rotatable bonds is 3. The van der Waals surface area contributed by atoms with Gasteiger partial charge in [-0.15, -0.1) is 0 Å². The van der Waals surface area contributed by atoms with Crippen LogP contribution in [0.5, 0.6) is 0 Å². The third kappa shape index (κ3) is 2.43. The molecule has 0 radical (unpaired) electrons. The SMILES string of the molecule is Cc1ncnc2c1CCN2CCc1cccc(F)c1. The van der Waals surface area contributed by atoms with E-state index in [0.29, 0.717) is 0 Å². The molecule has 19 heavy (non-hydrogen) atoms. The summed E-state index contributed by atoms with van der Waals surface area (Å²) >= 11 is 0. The summed E-state index contributed by atoms with van der Waals surface area (Å²) in [5.41, 5.74) is 3.35. The molecule has 3 nitrogen and oxygen atoms in total. The standard InChI is InChI=1S/C15H16FN3/c1-11-14-6-8-19(15(14)18-10-17-11)7-5-12-3-2-4-13(16)9-12/h2-4,9-10H,5-8H2,1H3. The summed E-state index contributed by atoms with van der Waals surface area (Å²) in [6.45, 7) is 3.87. The van der Waals surface area contributed by atoms with Gasteiger partial charge in [0.05, 0.1) is 0 Å². The molecule has 0 N–H and O–H groups in total. The highest BCUT2D eigenvalue weighted by atomic mass is 19.1. The Morgan fingerprint density at radius 3 is 3.05 bits per heavy atom. The first kappa shape index (κ1) is 12.1. The van der Waals surface area contributed by atoms with E-state index >= 15 is 0 Å². The number of hydrogen-bond donors (Lipinski definition) is 0. The molecule has 0 bridgehead atoms. The van der Waals surface area contributed by atoms with Crippen LogP contribution in [0.3, 0.4) is 0 Å². The molecule has 3 rings (SSSR count). The van der Waals surface area contributed by atoms with E-state index in [2.05, 4.69) is 14.9 Å². The summed E-state index contributed by atoms with van der Waals surface area (Å²) in [6.07, 6.45) is 3.46. The number of anilines is 1. The zero-order chi connectivity index (χ0) is 13.2. The van der Waals surface area contributed by atoms with E-state index in [9.17, 15) is 4.39 Å². The van der Waals surface area contributed by atoms with Gasteiger partial charge in [-0.1, -0.05) is 12.1 Å². The fourth-order valence-corrected chi connectivity index (χ4v) is 2.58. The maximum absolute atomic E-state index is 13.1. The Morgan fingerprint density at radius 2 is 2.21 bits per heavy atom. The van der Waals surface area contributed by atoms with Crippen LogP contribution in [0.15, 0.2) is 30.6 Å². The number of nitrogens with zero attached hydrogens (tertiary/aromatic N) is 3. The minimum atomic E-state index is -0.169. The molecule has 1 aromatic carbocycles. The van der Waals surface area contributed by atoms with Crippen LogP contribution in [-0.2, 0) is 12.8 Å². The molecule has 0 spiro atoms. The van der Waals surface area contributed by atoms with Gasteiger partial charge in [0.2, 0.25) is 0 Å². The van der Waals surface area contributed by atoms with Gasteiger partial charge in [0.25, 0.3) is 0 Å². The molecule has 2 aromatic rings. The van der Waals surface area contributed by atoms with Crippen LogP contribution in [-0.4, -0.2) is 23.1 Å². The smallest absolute Gasteiger partial charge is 0.135 e. The number of hydrogen-bond acceptors (Lipinski definition) is 3. The largest absolute Gasteiger partial charge is 0.356 e. The monoisotopic (exact) mass is 257 g/mol. The van der Waals surface area contributed by atoms with Crippen molar-refractivity contribution in [1.82, 2.24) is 9.97 Å². The number of fused-ring (bicyclic) bond motifs is 1. The number of aromatic nitrogens is 2. The molecule has 0 fully saturated rings. The van der Waals surface area contributed by atoms with Gasteiger partial charge < -0.3 is 4.90 Å². The van der Waals surface area contributed by atoms with E-state index in [1.54, 1.807) is 18.5 Å². The molecule has 0 unspecified atom stereocenters. The van der Waals surface area contributed by atoms with Crippen molar-refractivity contribution in [1.29, 1.82) is 0 Å². The summed E-state index contributed by atoms with van der Waals surface area (Å²) in [5.74, 6) is 0.876. The zero-order valence-corrected chi connectivity index (χ0v) is 10.9. The average molecular weight is 257 g/mol. The third-order valence-electron chi connectivity index (χ3n) is 3.63. The van der Waals surface area contributed by atoms with E-state index < -0.39 is 0 Å². The fraction of sp³-hybridized carbons (Fsp3) is 0.333. The lowest BCUT2D eigenvalue weighted by atomic mass is 10.1. The van der Waals surface area contributed by atoms with Gasteiger partial charge in [-0.05, 0) is 37.5 Å². The van der Waals surface area contributed by atoms with Crippen molar-refractivity contribution in [2.24, 2.45) is 0 Å². The first-order valence-corrected chi connectivity index (χ1v) is 6.54. The van der Waals surface area contributed by atoms with Crippen molar-refractivity contribution >= 4 is 5.82 Å². The predicted molar refractivity (Wildman–Crippen MR) is 72.8 cm³/mol. The van der Waals surface area contributed by atoms with Crippen molar-refractivity contribution in [3.63, 3.8) is 0 Å². The quantitative estimate of drug-likeness (QED) is 0.846. The Balaban J connectivity index is 1.72. The Kier molecular flexibility index (Phi) is 3.15. The van der Waals surface area contributed by atoms with Gasteiger partial charge in [0, 0.05) is 24.3 Å². The molecule has 0 saturated heterocycles. The molecule has 0 amide bonds. The van der Waals surface area contributed by atoms with Gasteiger partial charge in [-0.3, -0.25) is 0 Å². The second-order valence-electron chi connectivity index (χ2n) is 4.88. The van der Waals surface area contributed by atoms with E-state index in [0.717, 1.165) is 43.0 Å². The van der Waals surface area contributed by atoms with Crippen molar-refractivity contribution in [3.05, 3.63) is 53.2 Å². The first-order chi connectivity index (χ1) is 9.24. The van der Waals surface area contributed by atoms with Crippen molar-refractivity contribution in [2.45, 2.75) is 19.8 Å². The lowest BCUT2D eigenvalue weighted by molar-refractivity contribution is 0.625. The van der Waals surface area contributed by atoms with Gasteiger partial charge in [0.1, 0.15) is 18.0 Å². The second-order valence-corrected chi connectivity index (χ2v) is 4.88. The topological polar surface area (TPSA) is 29.0 Å². The molecular weight excluding hydrogens is 241 g/mol. The molecular formula is C15H16FN3. The Morgan fingerprint density at radius 1 is 1.32 bits per heavy atom. The highest BCUT2D eigenvalue weighted by Gasteiger charge is 2.22. The lowest BCUT2D eigenvalue weighted by Gasteiger charge is -2.18. The molecule has 1 aliphatic rings. The van der Waals surface area contributed by atoms with E-state index in [4.69, 9.17) is 0 Å². The van der Waals surface area contributed by atoms with Crippen molar-refractivity contribution in [2.75, 3.05) is 18.0 Å². The first-order valence-electron chi connectivity index (χ1n) is 6.54. The van der Waals surface area contributed by atoms with Crippen molar-refractivity contribution < 1.29 is 4.39 Å². The van der Waals surface area contributed by atoms with Crippen LogP contribution >= 0.6 is 0 Å². The summed E-state index contributed by atoms with van der Waals surface area (Å²) in [5, 5.41) is 0. The van der Waals surface area contributed by atoms with E-state index in [1.807, 2.05) is 13.0 Å². The fourth-order valence-electron chi connectivity index (χ4n) is 2.58. The van der Waals surface area contributed by atoms with Gasteiger partial charge >= 0.3 is 0 Å². The molecule has 98 valence electrons. The summed E-state index contributed by atoms with van der Waals surface area (Å²) in [6, 6.07) is 6.80. The average Bonchev–Trinajstić information content (AvgIpc) is 2.81. The summed E-state index contributed by atoms with van der Waals surface area (Å²) in [7, 11) is 0. The van der Waals surface area contributed by atoms with Gasteiger partial charge in [-0.25, -0.2) is 14.4 Å². The normalized spacial score (nSPS) is 13.7. The van der Waals surface area contributed by atoms with Gasteiger partial charge in [0.15, 0.2) is 0 Å². The van der Waals surface area contributed by atoms with E-state index in [1.165, 1.54) is 11.6 Å². The Bertz CT molecular complexity index is 598. The summed E-state index contributed by atoms with van der Waals surface area (Å²) in [4.78, 5) is 10.9. The van der Waals surface area contributed by atoms with Crippen LogP contribution in [0.2, 0.25) is 0 Å². The zero-order valence-electron chi connectivity index (χ0n) is 10.9. The molecule has 1 aliphatic heterocycles. The van der Waals surface area contributed by atoms with Crippen LogP contribution in [0.1, 0.15) is 16.8 Å². The molecule has 2 heterocycles. The van der Waals surface area contributed by atoms with Crippen LogP contribution in [0, 0.1) is 12.7 Å². The third-order valence-corrected chi connectivity index (χ3v) is 3.63. The van der Waals surface area contributed by atoms with E-state index in [-0.39, 0.29) is 5.82 Å². The van der Waals surface area contributed by atoms with Crippen LogP contribution in [0.25, 0.3) is 0 Å². The molecule has 0 atom stereocenters. The molecule has 0 saturated carbocycles. The van der Waals surface area contributed by atoms with Crippen LogP contribution < -0.4 is 4.90 Å². The Labute approximate surface area is 112 Å². The number of halogens is 1. The molecule has 4 heteroatoms. The molecule has 1 aromatic heterocycles. The van der Waals surface area contributed by atoms with Gasteiger partial charge in [-0.2, -0.15) is 0 Å². The second kappa shape index (κ2) is 4.96.